The van der Waals surface area contributed by atoms with Gasteiger partial charge in [-0.2, -0.15) is 8.42 Å². The Kier molecular flexibility index (Phi) is 17.6. The molecule has 0 aliphatic rings. The summed E-state index contributed by atoms with van der Waals surface area (Å²) in [6.07, 6.45) is 10.5. The third kappa shape index (κ3) is 18.5. The fraction of sp³-hybridized carbons (Fsp3) is 0.933. The van der Waals surface area contributed by atoms with Crippen molar-refractivity contribution in [2.24, 2.45) is 0 Å². The van der Waals surface area contributed by atoms with Gasteiger partial charge in [-0.1, -0.05) is 64.7 Å². The van der Waals surface area contributed by atoms with E-state index in [1.165, 1.54) is 51.9 Å². The molecule has 0 aromatic rings. The maximum atomic E-state index is 11.4. The Balaban J connectivity index is 0. The number of carbonyl (C=O) groups excluding carboxylic acids is 1. The van der Waals surface area contributed by atoms with E-state index in [1.807, 2.05) is 0 Å². The van der Waals surface area contributed by atoms with Gasteiger partial charge in [0.05, 0.1) is 6.61 Å². The van der Waals surface area contributed by atoms with Crippen LogP contribution in [0.15, 0.2) is 0 Å². The van der Waals surface area contributed by atoms with Crippen molar-refractivity contribution in [2.75, 3.05) is 6.61 Å². The number of carbonyl (C=O) groups is 1. The standard InChI is InChI=1S/C15H30O6S.Na.H/c1-3-4-5-6-7-8-9-10-11-12-13-20-15(16)14(2)21-22(17,18)19;;/h14H,3-13H2,1-2H3,(H,17,18,19);;. The summed E-state index contributed by atoms with van der Waals surface area (Å²) in [6, 6.07) is 0. The Labute approximate surface area is 162 Å². The molecule has 0 aliphatic carbocycles. The first-order valence-corrected chi connectivity index (χ1v) is 9.55. The van der Waals surface area contributed by atoms with Gasteiger partial charge < -0.3 is 4.74 Å². The van der Waals surface area contributed by atoms with E-state index >= 15 is 0 Å². The molecule has 0 aliphatic heterocycles. The van der Waals surface area contributed by atoms with E-state index < -0.39 is 22.5 Å². The molecule has 0 amide bonds. The van der Waals surface area contributed by atoms with Crippen molar-refractivity contribution in [3.63, 3.8) is 0 Å². The van der Waals surface area contributed by atoms with E-state index in [0.29, 0.717) is 0 Å². The first-order chi connectivity index (χ1) is 10.4. The van der Waals surface area contributed by atoms with Crippen LogP contribution in [0.1, 0.15) is 78.1 Å². The Morgan fingerprint density at radius 3 is 1.83 bits per heavy atom. The average Bonchev–Trinajstić information content (AvgIpc) is 2.42. The Hall–Kier alpha value is 0.340. The minimum absolute atomic E-state index is 0. The van der Waals surface area contributed by atoms with Crippen LogP contribution in [0.4, 0.5) is 0 Å². The molecule has 8 heteroatoms. The van der Waals surface area contributed by atoms with Crippen LogP contribution >= 0.6 is 0 Å². The molecule has 0 rings (SSSR count). The van der Waals surface area contributed by atoms with Crippen molar-refractivity contribution >= 4 is 45.9 Å². The Morgan fingerprint density at radius 1 is 0.957 bits per heavy atom. The first kappa shape index (κ1) is 25.6. The number of ether oxygens (including phenoxy) is 1. The van der Waals surface area contributed by atoms with Crippen molar-refractivity contribution < 1.29 is 26.7 Å². The molecule has 0 bridgehead atoms. The molecule has 0 saturated heterocycles. The van der Waals surface area contributed by atoms with Crippen molar-refractivity contribution in [2.45, 2.75) is 84.2 Å². The summed E-state index contributed by atoms with van der Waals surface area (Å²) in [4.78, 5) is 11.4. The van der Waals surface area contributed by atoms with Gasteiger partial charge in [-0.3, -0.25) is 4.55 Å². The molecule has 0 heterocycles. The number of unbranched alkanes of at least 4 members (excludes halogenated alkanes) is 9. The second-order valence-electron chi connectivity index (χ2n) is 5.52. The fourth-order valence-electron chi connectivity index (χ4n) is 2.10. The maximum absolute atomic E-state index is 11.4. The number of hydrogen-bond donors (Lipinski definition) is 1. The molecule has 1 unspecified atom stereocenters. The molecule has 1 N–H and O–H groups in total. The van der Waals surface area contributed by atoms with E-state index in [-0.39, 0.29) is 36.2 Å². The molecule has 0 radical (unpaired) electrons. The molecule has 0 aromatic heterocycles. The van der Waals surface area contributed by atoms with E-state index in [9.17, 15) is 13.2 Å². The van der Waals surface area contributed by atoms with Gasteiger partial charge in [-0.05, 0) is 13.3 Å². The molecule has 0 aromatic carbocycles. The molecule has 134 valence electrons. The van der Waals surface area contributed by atoms with E-state index in [2.05, 4.69) is 11.1 Å². The van der Waals surface area contributed by atoms with E-state index in [4.69, 9.17) is 9.29 Å². The van der Waals surface area contributed by atoms with Gasteiger partial charge in [0, 0.05) is 0 Å². The molecule has 0 saturated carbocycles. The van der Waals surface area contributed by atoms with Gasteiger partial charge in [-0.15, -0.1) is 0 Å². The van der Waals surface area contributed by atoms with Crippen LogP contribution in [-0.4, -0.2) is 61.2 Å². The van der Waals surface area contributed by atoms with Crippen LogP contribution in [0.25, 0.3) is 0 Å². The van der Waals surface area contributed by atoms with Crippen LogP contribution in [0.5, 0.6) is 0 Å². The summed E-state index contributed by atoms with van der Waals surface area (Å²) in [5, 5.41) is 0. The predicted octanol–water partition coefficient (Wildman–Crippen LogP) is 3.01. The van der Waals surface area contributed by atoms with Gasteiger partial charge in [0.25, 0.3) is 0 Å². The zero-order valence-corrected chi connectivity index (χ0v) is 14.6. The van der Waals surface area contributed by atoms with Gasteiger partial charge in [-0.25, -0.2) is 8.98 Å². The normalized spacial score (nSPS) is 12.5. The minimum atomic E-state index is -4.62. The molecule has 6 nitrogen and oxygen atoms in total. The van der Waals surface area contributed by atoms with E-state index in [0.717, 1.165) is 19.3 Å². The van der Waals surface area contributed by atoms with Gasteiger partial charge in [0.2, 0.25) is 0 Å². The predicted molar refractivity (Wildman–Crippen MR) is 92.0 cm³/mol. The second kappa shape index (κ2) is 15.8. The van der Waals surface area contributed by atoms with Crippen LogP contribution in [0, 0.1) is 0 Å². The van der Waals surface area contributed by atoms with Crippen molar-refractivity contribution in [3.05, 3.63) is 0 Å². The molecular formula is C15H31NaO6S. The summed E-state index contributed by atoms with van der Waals surface area (Å²) in [5.74, 6) is -0.784. The molecule has 1 atom stereocenters. The van der Waals surface area contributed by atoms with Gasteiger partial charge in [0.15, 0.2) is 6.10 Å². The average molecular weight is 362 g/mol. The summed E-state index contributed by atoms with van der Waals surface area (Å²) >= 11 is 0. The third-order valence-electron chi connectivity index (χ3n) is 3.34. The number of esters is 1. The number of rotatable bonds is 14. The van der Waals surface area contributed by atoms with Gasteiger partial charge in [0.1, 0.15) is 0 Å². The SMILES string of the molecule is CCCCCCCCCCCCOC(=O)C(C)OS(=O)(=O)O.[NaH]. The topological polar surface area (TPSA) is 89.9 Å². The van der Waals surface area contributed by atoms with Crippen LogP contribution in [-0.2, 0) is 24.1 Å². The third-order valence-corrected chi connectivity index (χ3v) is 3.87. The first-order valence-electron chi connectivity index (χ1n) is 8.19. The molecular weight excluding hydrogens is 331 g/mol. The van der Waals surface area contributed by atoms with Crippen LogP contribution in [0.3, 0.4) is 0 Å². The zero-order chi connectivity index (χ0) is 16.8. The quantitative estimate of drug-likeness (QED) is 0.221. The summed E-state index contributed by atoms with van der Waals surface area (Å²) in [7, 11) is -4.62. The molecule has 23 heavy (non-hydrogen) atoms. The Morgan fingerprint density at radius 2 is 1.39 bits per heavy atom. The second-order valence-corrected chi connectivity index (χ2v) is 6.56. The number of hydrogen-bond acceptors (Lipinski definition) is 5. The fourth-order valence-corrected chi connectivity index (χ4v) is 2.54. The monoisotopic (exact) mass is 362 g/mol. The summed E-state index contributed by atoms with van der Waals surface area (Å²) in [6.45, 7) is 3.67. The zero-order valence-electron chi connectivity index (χ0n) is 13.8. The van der Waals surface area contributed by atoms with Crippen molar-refractivity contribution in [3.8, 4) is 0 Å². The van der Waals surface area contributed by atoms with Crippen molar-refractivity contribution in [1.29, 1.82) is 0 Å². The Bertz CT molecular complexity index is 385. The van der Waals surface area contributed by atoms with Gasteiger partial charge >= 0.3 is 45.9 Å². The summed E-state index contributed by atoms with van der Waals surface area (Å²) < 4.78 is 38.3. The van der Waals surface area contributed by atoms with Crippen LogP contribution in [0.2, 0.25) is 0 Å². The molecule has 0 fully saturated rings. The summed E-state index contributed by atoms with van der Waals surface area (Å²) in [5.41, 5.74) is 0. The van der Waals surface area contributed by atoms with Crippen molar-refractivity contribution in [1.82, 2.24) is 0 Å². The van der Waals surface area contributed by atoms with Crippen LogP contribution < -0.4 is 0 Å². The van der Waals surface area contributed by atoms with E-state index in [1.54, 1.807) is 0 Å². The molecule has 0 spiro atoms.